The number of rotatable bonds is 9. The zero-order chi connectivity index (χ0) is 29.3. The van der Waals surface area contributed by atoms with Gasteiger partial charge in [-0.15, -0.1) is 0 Å². The van der Waals surface area contributed by atoms with Crippen molar-refractivity contribution in [2.45, 2.75) is 111 Å². The lowest BCUT2D eigenvalue weighted by Gasteiger charge is -2.45. The van der Waals surface area contributed by atoms with Crippen molar-refractivity contribution in [3.8, 4) is 0 Å². The molecule has 0 amide bonds. The van der Waals surface area contributed by atoms with E-state index < -0.39 is 105 Å². The second-order valence-electron chi connectivity index (χ2n) is 10.6. The summed E-state index contributed by atoms with van der Waals surface area (Å²) in [5, 5.41) is 61.8. The number of aliphatic hydroxyl groups excluding tert-OH is 6. The maximum atomic E-state index is 11.1. The van der Waals surface area contributed by atoms with E-state index in [4.69, 9.17) is 57.1 Å². The molecule has 2 saturated heterocycles. The van der Waals surface area contributed by atoms with Gasteiger partial charge in [-0.3, -0.25) is 0 Å². The van der Waals surface area contributed by atoms with Crippen LogP contribution in [0.2, 0.25) is 0 Å². The lowest BCUT2D eigenvalue weighted by atomic mass is 9.84. The molecule has 1 aliphatic carbocycles. The Morgan fingerprint density at radius 3 is 2.02 bits per heavy atom. The average Bonchev–Trinajstić information content (AvgIpc) is 3.23. The topological polar surface area (TPSA) is 307 Å². The summed E-state index contributed by atoms with van der Waals surface area (Å²) < 4.78 is 34.7. The standard InChI is InChI=1S/C23H43N5O12/c24-4-11-15(32)16(33)13(28)22(36-11)39-19-12(6-30)37-23(17(19)34)40-20-14(31)9(26)3-10(27)18(20)38-21-8(25)2-1-7(5-29)35-21/h1,8-23,29-34H,2-6,24-28H2/t8-,9-,10+,11+,12-,13-,14+,15-,16-,17-,18-,19-,20-,21-,22-,23+/m1/s1. The normalized spacial score (nSPS) is 49.9. The van der Waals surface area contributed by atoms with Gasteiger partial charge in [-0.05, 0) is 18.9 Å². The van der Waals surface area contributed by atoms with Crippen molar-refractivity contribution >= 4 is 0 Å². The fourth-order valence-corrected chi connectivity index (χ4v) is 5.37. The van der Waals surface area contributed by atoms with Crippen molar-refractivity contribution in [2.75, 3.05) is 19.8 Å². The van der Waals surface area contributed by atoms with E-state index in [0.29, 0.717) is 6.42 Å². The van der Waals surface area contributed by atoms with Gasteiger partial charge in [0.15, 0.2) is 12.6 Å². The molecule has 17 heteroatoms. The molecule has 17 nitrogen and oxygen atoms in total. The number of hydrogen-bond donors (Lipinski definition) is 11. The fraction of sp³-hybridized carbons (Fsp3) is 0.913. The third-order valence-electron chi connectivity index (χ3n) is 7.78. The number of aliphatic hydroxyl groups is 6. The molecule has 0 bridgehead atoms. The van der Waals surface area contributed by atoms with Gasteiger partial charge in [-0.25, -0.2) is 0 Å². The van der Waals surface area contributed by atoms with Crippen LogP contribution in [0.25, 0.3) is 0 Å². The lowest BCUT2D eigenvalue weighted by molar-refractivity contribution is -0.282. The molecule has 3 aliphatic heterocycles. The van der Waals surface area contributed by atoms with E-state index in [1.54, 1.807) is 6.08 Å². The molecule has 3 heterocycles. The Bertz CT molecular complexity index is 859. The van der Waals surface area contributed by atoms with Crippen LogP contribution in [0.1, 0.15) is 12.8 Å². The first-order valence-electron chi connectivity index (χ1n) is 13.3. The quantitative estimate of drug-likeness (QED) is 0.120. The predicted molar refractivity (Wildman–Crippen MR) is 133 cm³/mol. The molecule has 3 fully saturated rings. The Labute approximate surface area is 230 Å². The second-order valence-corrected chi connectivity index (χ2v) is 10.6. The summed E-state index contributed by atoms with van der Waals surface area (Å²) in [5.41, 5.74) is 30.1. The first kappa shape index (κ1) is 31.8. The highest BCUT2D eigenvalue weighted by molar-refractivity contribution is 5.04. The summed E-state index contributed by atoms with van der Waals surface area (Å²) in [6.45, 7) is -1.11. The van der Waals surface area contributed by atoms with E-state index in [0.717, 1.165) is 0 Å². The van der Waals surface area contributed by atoms with Crippen LogP contribution in [-0.4, -0.2) is 148 Å². The van der Waals surface area contributed by atoms with E-state index in [1.165, 1.54) is 0 Å². The lowest BCUT2D eigenvalue weighted by Crippen LogP contribution is -2.65. The van der Waals surface area contributed by atoms with Crippen LogP contribution in [-0.2, 0) is 28.4 Å². The van der Waals surface area contributed by atoms with Crippen molar-refractivity contribution in [2.24, 2.45) is 28.7 Å². The summed E-state index contributed by atoms with van der Waals surface area (Å²) in [6, 6.07) is -3.36. The molecular formula is C23H43N5O12. The Morgan fingerprint density at radius 1 is 0.725 bits per heavy atom. The van der Waals surface area contributed by atoms with Gasteiger partial charge in [0.2, 0.25) is 6.29 Å². The van der Waals surface area contributed by atoms with Crippen LogP contribution in [0.3, 0.4) is 0 Å². The van der Waals surface area contributed by atoms with E-state index in [-0.39, 0.29) is 25.3 Å². The van der Waals surface area contributed by atoms with Gasteiger partial charge in [0.1, 0.15) is 61.2 Å². The van der Waals surface area contributed by atoms with Crippen molar-refractivity contribution in [3.63, 3.8) is 0 Å². The molecule has 16 N–H and O–H groups in total. The molecular weight excluding hydrogens is 538 g/mol. The van der Waals surface area contributed by atoms with Crippen LogP contribution in [0.4, 0.5) is 0 Å². The highest BCUT2D eigenvalue weighted by Gasteiger charge is 2.53. The highest BCUT2D eigenvalue weighted by atomic mass is 16.8. The minimum Gasteiger partial charge on any atom is -0.465 e. The molecule has 1 saturated carbocycles. The maximum Gasteiger partial charge on any atom is 0.215 e. The maximum absolute atomic E-state index is 11.1. The van der Waals surface area contributed by atoms with Crippen molar-refractivity contribution in [3.05, 3.63) is 11.8 Å². The zero-order valence-corrected chi connectivity index (χ0v) is 21.9. The smallest absolute Gasteiger partial charge is 0.215 e. The molecule has 40 heavy (non-hydrogen) atoms. The van der Waals surface area contributed by atoms with Crippen LogP contribution < -0.4 is 28.7 Å². The Balaban J connectivity index is 1.48. The van der Waals surface area contributed by atoms with Crippen molar-refractivity contribution in [1.82, 2.24) is 0 Å². The van der Waals surface area contributed by atoms with Gasteiger partial charge in [-0.1, -0.05) is 0 Å². The average molecular weight is 582 g/mol. The van der Waals surface area contributed by atoms with E-state index >= 15 is 0 Å². The molecule has 16 atom stereocenters. The summed E-state index contributed by atoms with van der Waals surface area (Å²) in [6.07, 6.45) is -12.9. The minimum atomic E-state index is -1.55. The minimum absolute atomic E-state index is 0.144. The largest absolute Gasteiger partial charge is 0.465 e. The van der Waals surface area contributed by atoms with Crippen LogP contribution in [0.5, 0.6) is 0 Å². The number of nitrogens with two attached hydrogens (primary N) is 5. The Morgan fingerprint density at radius 2 is 1.38 bits per heavy atom. The number of hydrogen-bond acceptors (Lipinski definition) is 17. The van der Waals surface area contributed by atoms with Gasteiger partial charge in [-0.2, -0.15) is 0 Å². The second kappa shape index (κ2) is 13.5. The third kappa shape index (κ3) is 6.45. The molecule has 0 aromatic heterocycles. The predicted octanol–water partition coefficient (Wildman–Crippen LogP) is -6.68. The van der Waals surface area contributed by atoms with Gasteiger partial charge >= 0.3 is 0 Å². The van der Waals surface area contributed by atoms with E-state index in [2.05, 4.69) is 0 Å². The molecule has 4 rings (SSSR count). The molecule has 0 aromatic carbocycles. The highest BCUT2D eigenvalue weighted by Crippen LogP contribution is 2.34. The van der Waals surface area contributed by atoms with Gasteiger partial charge in [0.05, 0.1) is 24.8 Å². The number of ether oxygens (including phenoxy) is 6. The first-order chi connectivity index (χ1) is 19.0. The third-order valence-corrected chi connectivity index (χ3v) is 7.78. The van der Waals surface area contributed by atoms with Crippen LogP contribution in [0, 0.1) is 0 Å². The van der Waals surface area contributed by atoms with E-state index in [1.807, 2.05) is 0 Å². The van der Waals surface area contributed by atoms with Crippen molar-refractivity contribution in [1.29, 1.82) is 0 Å². The summed E-state index contributed by atoms with van der Waals surface area (Å²) in [4.78, 5) is 0. The van der Waals surface area contributed by atoms with Crippen LogP contribution in [0.15, 0.2) is 11.8 Å². The fourth-order valence-electron chi connectivity index (χ4n) is 5.37. The SMILES string of the molecule is NC[C@@H]1O[C@H](O[C@H]2[C@@H](O)[C@H](O[C@@H]3[C@@H](O)[C@H](N)C[C@H](N)[C@H]3O[C@H]3OC(CO)=CC[C@H]3N)O[C@@H]2CO)[C@H](N)[C@@H](O)[C@@H]1O. The Kier molecular flexibility index (Phi) is 10.7. The Hall–Kier alpha value is -1.10. The molecule has 4 aliphatic rings. The van der Waals surface area contributed by atoms with E-state index in [9.17, 15) is 30.6 Å². The first-order valence-corrected chi connectivity index (χ1v) is 13.3. The molecule has 0 unspecified atom stereocenters. The molecule has 0 aromatic rings. The monoisotopic (exact) mass is 581 g/mol. The summed E-state index contributed by atoms with van der Waals surface area (Å²) >= 11 is 0. The van der Waals surface area contributed by atoms with Crippen molar-refractivity contribution < 1.29 is 59.1 Å². The van der Waals surface area contributed by atoms with Crippen LogP contribution >= 0.6 is 0 Å². The van der Waals surface area contributed by atoms with Gasteiger partial charge in [0, 0.05) is 18.6 Å². The molecule has 232 valence electrons. The molecule has 0 radical (unpaired) electrons. The van der Waals surface area contributed by atoms with Gasteiger partial charge in [0.25, 0.3) is 0 Å². The van der Waals surface area contributed by atoms with Gasteiger partial charge < -0.3 is 87.7 Å². The summed E-state index contributed by atoms with van der Waals surface area (Å²) in [7, 11) is 0. The molecule has 0 spiro atoms. The summed E-state index contributed by atoms with van der Waals surface area (Å²) in [5.74, 6) is 0.267. The zero-order valence-electron chi connectivity index (χ0n) is 21.9.